The molecule has 1 amide bonds. The Hall–Kier alpha value is -2.17. The Morgan fingerprint density at radius 3 is 2.68 bits per heavy atom. The molecule has 5 heteroatoms. The molecule has 0 saturated heterocycles. The number of rotatable bonds is 4. The summed E-state index contributed by atoms with van der Waals surface area (Å²) in [5.41, 5.74) is 2.53. The SMILES string of the molecule is CCc1ccc(CN(C)C(=O)c2cn(C)cn2)nc1. The minimum absolute atomic E-state index is 0.0954. The van der Waals surface area contributed by atoms with Gasteiger partial charge in [-0.15, -0.1) is 0 Å². The van der Waals surface area contributed by atoms with Crippen molar-refractivity contribution >= 4 is 5.91 Å². The van der Waals surface area contributed by atoms with Crippen LogP contribution in [0.5, 0.6) is 0 Å². The molecule has 0 spiro atoms. The molecule has 0 aliphatic rings. The van der Waals surface area contributed by atoms with Crippen LogP contribution in [0.1, 0.15) is 28.7 Å². The van der Waals surface area contributed by atoms with E-state index in [0.717, 1.165) is 12.1 Å². The van der Waals surface area contributed by atoms with Crippen molar-refractivity contribution in [3.63, 3.8) is 0 Å². The maximum absolute atomic E-state index is 12.1. The summed E-state index contributed by atoms with van der Waals surface area (Å²) in [6.45, 7) is 2.58. The van der Waals surface area contributed by atoms with Crippen LogP contribution in [-0.4, -0.2) is 32.4 Å². The summed E-state index contributed by atoms with van der Waals surface area (Å²) < 4.78 is 1.76. The molecule has 0 aliphatic carbocycles. The smallest absolute Gasteiger partial charge is 0.274 e. The van der Waals surface area contributed by atoms with Crippen LogP contribution in [0.3, 0.4) is 0 Å². The lowest BCUT2D eigenvalue weighted by molar-refractivity contribution is 0.0778. The summed E-state index contributed by atoms with van der Waals surface area (Å²) in [6.07, 6.45) is 6.16. The molecule has 0 unspecified atom stereocenters. The number of carbonyl (C=O) groups is 1. The number of aromatic nitrogens is 3. The number of nitrogens with zero attached hydrogens (tertiary/aromatic N) is 4. The Morgan fingerprint density at radius 1 is 1.37 bits per heavy atom. The lowest BCUT2D eigenvalue weighted by atomic mass is 10.2. The largest absolute Gasteiger partial charge is 0.340 e. The monoisotopic (exact) mass is 258 g/mol. The van der Waals surface area contributed by atoms with Gasteiger partial charge in [0.1, 0.15) is 5.69 Å². The first-order chi connectivity index (χ1) is 9.10. The lowest BCUT2D eigenvalue weighted by Gasteiger charge is -2.15. The van der Waals surface area contributed by atoms with Gasteiger partial charge in [0.2, 0.25) is 0 Å². The first-order valence-corrected chi connectivity index (χ1v) is 6.27. The van der Waals surface area contributed by atoms with Gasteiger partial charge in [0.15, 0.2) is 0 Å². The van der Waals surface area contributed by atoms with E-state index in [1.165, 1.54) is 5.56 Å². The minimum atomic E-state index is -0.0954. The summed E-state index contributed by atoms with van der Waals surface area (Å²) >= 11 is 0. The van der Waals surface area contributed by atoms with Gasteiger partial charge in [-0.05, 0) is 18.1 Å². The molecule has 0 N–H and O–H groups in total. The fourth-order valence-electron chi connectivity index (χ4n) is 1.79. The van der Waals surface area contributed by atoms with Crippen LogP contribution >= 0.6 is 0 Å². The number of hydrogen-bond acceptors (Lipinski definition) is 3. The second kappa shape index (κ2) is 5.65. The maximum Gasteiger partial charge on any atom is 0.274 e. The summed E-state index contributed by atoms with van der Waals surface area (Å²) in [5.74, 6) is -0.0954. The standard InChI is InChI=1S/C14H18N4O/c1-4-11-5-6-12(15-7-11)8-18(3)14(19)13-9-17(2)10-16-13/h5-7,9-10H,4,8H2,1-3H3. The Balaban J connectivity index is 2.03. The number of pyridine rings is 1. The molecule has 100 valence electrons. The van der Waals surface area contributed by atoms with Crippen molar-refractivity contribution in [2.75, 3.05) is 7.05 Å². The van der Waals surface area contributed by atoms with Gasteiger partial charge >= 0.3 is 0 Å². The molecule has 19 heavy (non-hydrogen) atoms. The summed E-state index contributed by atoms with van der Waals surface area (Å²) in [6, 6.07) is 4.00. The Kier molecular flexibility index (Phi) is 3.94. The third-order valence-corrected chi connectivity index (χ3v) is 2.96. The first-order valence-electron chi connectivity index (χ1n) is 6.27. The van der Waals surface area contributed by atoms with Gasteiger partial charge in [-0.2, -0.15) is 0 Å². The van der Waals surface area contributed by atoms with Crippen molar-refractivity contribution in [1.29, 1.82) is 0 Å². The van der Waals surface area contributed by atoms with E-state index in [-0.39, 0.29) is 5.91 Å². The van der Waals surface area contributed by atoms with Gasteiger partial charge in [0.05, 0.1) is 18.6 Å². The van der Waals surface area contributed by atoms with E-state index in [2.05, 4.69) is 16.9 Å². The highest BCUT2D eigenvalue weighted by atomic mass is 16.2. The molecular weight excluding hydrogens is 240 g/mol. The zero-order valence-electron chi connectivity index (χ0n) is 11.5. The van der Waals surface area contributed by atoms with Crippen LogP contribution in [0.25, 0.3) is 0 Å². The van der Waals surface area contributed by atoms with Crippen LogP contribution in [0.2, 0.25) is 0 Å². The maximum atomic E-state index is 12.1. The van der Waals surface area contributed by atoms with Gasteiger partial charge in [0.25, 0.3) is 5.91 Å². The minimum Gasteiger partial charge on any atom is -0.340 e. The second-order valence-electron chi connectivity index (χ2n) is 4.60. The molecule has 0 radical (unpaired) electrons. The third kappa shape index (κ3) is 3.19. The Bertz CT molecular complexity index is 559. The third-order valence-electron chi connectivity index (χ3n) is 2.96. The Labute approximate surface area is 112 Å². The Morgan fingerprint density at radius 2 is 2.16 bits per heavy atom. The highest BCUT2D eigenvalue weighted by Crippen LogP contribution is 2.06. The van der Waals surface area contributed by atoms with E-state index in [1.807, 2.05) is 25.4 Å². The van der Waals surface area contributed by atoms with Crippen LogP contribution in [0.4, 0.5) is 0 Å². The second-order valence-corrected chi connectivity index (χ2v) is 4.60. The summed E-state index contributed by atoms with van der Waals surface area (Å²) in [5, 5.41) is 0. The van der Waals surface area contributed by atoms with Crippen molar-refractivity contribution in [1.82, 2.24) is 19.4 Å². The van der Waals surface area contributed by atoms with E-state index in [9.17, 15) is 4.79 Å². The van der Waals surface area contributed by atoms with Crippen LogP contribution in [0, 0.1) is 0 Å². The number of hydrogen-bond donors (Lipinski definition) is 0. The molecular formula is C14H18N4O. The number of aryl methyl sites for hydroxylation is 2. The number of imidazole rings is 1. The normalized spacial score (nSPS) is 10.5. The van der Waals surface area contributed by atoms with Crippen molar-refractivity contribution in [2.45, 2.75) is 19.9 Å². The zero-order chi connectivity index (χ0) is 13.8. The highest BCUT2D eigenvalue weighted by molar-refractivity contribution is 5.91. The van der Waals surface area contributed by atoms with E-state index in [4.69, 9.17) is 0 Å². The first kappa shape index (κ1) is 13.3. The van der Waals surface area contributed by atoms with Gasteiger partial charge < -0.3 is 9.47 Å². The molecule has 0 fully saturated rings. The molecule has 0 atom stereocenters. The topological polar surface area (TPSA) is 51.0 Å². The van der Waals surface area contributed by atoms with Crippen LogP contribution in [0.15, 0.2) is 30.9 Å². The fourth-order valence-corrected chi connectivity index (χ4v) is 1.79. The molecule has 2 heterocycles. The molecule has 2 rings (SSSR count). The van der Waals surface area contributed by atoms with Gasteiger partial charge in [-0.3, -0.25) is 9.78 Å². The van der Waals surface area contributed by atoms with Crippen LogP contribution in [-0.2, 0) is 20.0 Å². The van der Waals surface area contributed by atoms with Gasteiger partial charge in [-0.25, -0.2) is 4.98 Å². The number of amides is 1. The average molecular weight is 258 g/mol. The van der Waals surface area contributed by atoms with Crippen molar-refractivity contribution in [3.8, 4) is 0 Å². The van der Waals surface area contributed by atoms with Crippen LogP contribution < -0.4 is 0 Å². The van der Waals surface area contributed by atoms with Crippen molar-refractivity contribution in [3.05, 3.63) is 47.8 Å². The molecule has 2 aromatic heterocycles. The zero-order valence-corrected chi connectivity index (χ0v) is 11.5. The van der Waals surface area contributed by atoms with E-state index in [0.29, 0.717) is 12.2 Å². The quantitative estimate of drug-likeness (QED) is 0.838. The fraction of sp³-hybridized carbons (Fsp3) is 0.357. The van der Waals surface area contributed by atoms with Crippen molar-refractivity contribution in [2.24, 2.45) is 7.05 Å². The summed E-state index contributed by atoms with van der Waals surface area (Å²) in [7, 11) is 3.60. The van der Waals surface area contributed by atoms with Gasteiger partial charge in [-0.1, -0.05) is 13.0 Å². The van der Waals surface area contributed by atoms with E-state index < -0.39 is 0 Å². The molecule has 2 aromatic rings. The van der Waals surface area contributed by atoms with E-state index in [1.54, 1.807) is 29.0 Å². The molecule has 0 aliphatic heterocycles. The lowest BCUT2D eigenvalue weighted by Crippen LogP contribution is -2.26. The molecule has 5 nitrogen and oxygen atoms in total. The predicted octanol–water partition coefficient (Wildman–Crippen LogP) is 1.65. The van der Waals surface area contributed by atoms with E-state index >= 15 is 0 Å². The molecule has 0 saturated carbocycles. The molecule has 0 aromatic carbocycles. The number of carbonyl (C=O) groups excluding carboxylic acids is 1. The summed E-state index contributed by atoms with van der Waals surface area (Å²) in [4.78, 5) is 22.1. The molecule has 0 bridgehead atoms. The highest BCUT2D eigenvalue weighted by Gasteiger charge is 2.14. The average Bonchev–Trinajstić information content (AvgIpc) is 2.85. The predicted molar refractivity (Wildman–Crippen MR) is 72.6 cm³/mol. The van der Waals surface area contributed by atoms with Gasteiger partial charge in [0, 0.05) is 26.5 Å². The van der Waals surface area contributed by atoms with Crippen molar-refractivity contribution < 1.29 is 4.79 Å².